The third-order valence-electron chi connectivity index (χ3n) is 2.64. The average Bonchev–Trinajstić information content (AvgIpc) is 2.77. The van der Waals surface area contributed by atoms with Gasteiger partial charge in [0.15, 0.2) is 4.21 Å². The van der Waals surface area contributed by atoms with E-state index in [4.69, 9.17) is 0 Å². The molecular formula is C12H9BrF3NO2S2. The Hall–Kier alpha value is -1.06. The highest BCUT2D eigenvalue weighted by Crippen LogP contribution is 2.34. The number of halogens is 4. The topological polar surface area (TPSA) is 46.2 Å². The van der Waals surface area contributed by atoms with E-state index >= 15 is 0 Å². The summed E-state index contributed by atoms with van der Waals surface area (Å²) in [6.45, 7) is 1.53. The van der Waals surface area contributed by atoms with Crippen LogP contribution in [0.5, 0.6) is 0 Å². The van der Waals surface area contributed by atoms with E-state index in [0.29, 0.717) is 10.0 Å². The van der Waals surface area contributed by atoms with Gasteiger partial charge in [-0.15, -0.1) is 11.3 Å². The smallest absolute Gasteiger partial charge is 0.279 e. The number of sulfonamides is 1. The number of alkyl halides is 3. The van der Waals surface area contributed by atoms with Gasteiger partial charge in [0.25, 0.3) is 10.0 Å². The number of rotatable bonds is 3. The van der Waals surface area contributed by atoms with Gasteiger partial charge in [0, 0.05) is 4.47 Å². The van der Waals surface area contributed by atoms with Crippen molar-refractivity contribution < 1.29 is 21.6 Å². The van der Waals surface area contributed by atoms with Gasteiger partial charge in [0.1, 0.15) is 0 Å². The Labute approximate surface area is 132 Å². The van der Waals surface area contributed by atoms with Crippen LogP contribution in [0.4, 0.5) is 18.9 Å². The summed E-state index contributed by atoms with van der Waals surface area (Å²) in [6.07, 6.45) is -4.53. The molecule has 1 aromatic heterocycles. The van der Waals surface area contributed by atoms with Crippen LogP contribution in [0.25, 0.3) is 0 Å². The van der Waals surface area contributed by atoms with Crippen molar-refractivity contribution in [2.24, 2.45) is 0 Å². The van der Waals surface area contributed by atoms with Crippen LogP contribution < -0.4 is 4.72 Å². The van der Waals surface area contributed by atoms with Gasteiger partial charge < -0.3 is 0 Å². The van der Waals surface area contributed by atoms with E-state index in [-0.39, 0.29) is 9.90 Å². The molecule has 0 fully saturated rings. The second-order valence-corrected chi connectivity index (χ2v) is 7.84. The first kappa shape index (κ1) is 16.3. The van der Waals surface area contributed by atoms with Crippen LogP contribution >= 0.6 is 27.3 Å². The van der Waals surface area contributed by atoms with Crippen LogP contribution in [-0.2, 0) is 16.2 Å². The molecule has 2 rings (SSSR count). The van der Waals surface area contributed by atoms with E-state index < -0.39 is 21.8 Å². The quantitative estimate of drug-likeness (QED) is 0.816. The molecule has 1 N–H and O–H groups in total. The molecule has 0 atom stereocenters. The summed E-state index contributed by atoms with van der Waals surface area (Å²) in [7, 11) is -3.93. The molecule has 0 radical (unpaired) electrons. The van der Waals surface area contributed by atoms with Crippen molar-refractivity contribution in [1.82, 2.24) is 0 Å². The molecule has 3 nitrogen and oxygen atoms in total. The van der Waals surface area contributed by atoms with E-state index in [1.807, 2.05) is 0 Å². The number of anilines is 1. The Morgan fingerprint density at radius 2 is 1.90 bits per heavy atom. The summed E-state index contributed by atoms with van der Waals surface area (Å²) in [5, 5.41) is 1.57. The third-order valence-corrected chi connectivity index (χ3v) is 6.67. The molecule has 1 aromatic carbocycles. The van der Waals surface area contributed by atoms with Gasteiger partial charge in [-0.3, -0.25) is 4.72 Å². The monoisotopic (exact) mass is 399 g/mol. The molecule has 0 saturated carbocycles. The summed E-state index contributed by atoms with van der Waals surface area (Å²) in [6, 6.07) is 4.48. The van der Waals surface area contributed by atoms with E-state index in [2.05, 4.69) is 20.7 Å². The van der Waals surface area contributed by atoms with E-state index in [0.717, 1.165) is 23.5 Å². The number of hydrogen-bond acceptors (Lipinski definition) is 3. The van der Waals surface area contributed by atoms with E-state index in [1.165, 1.54) is 13.0 Å². The fourth-order valence-corrected chi connectivity index (χ4v) is 5.03. The highest BCUT2D eigenvalue weighted by atomic mass is 79.9. The van der Waals surface area contributed by atoms with E-state index in [1.54, 1.807) is 11.4 Å². The summed E-state index contributed by atoms with van der Waals surface area (Å²) >= 11 is 4.06. The third kappa shape index (κ3) is 3.58. The van der Waals surface area contributed by atoms with Crippen LogP contribution in [0.15, 0.2) is 38.3 Å². The second-order valence-electron chi connectivity index (χ2n) is 4.19. The van der Waals surface area contributed by atoms with E-state index in [9.17, 15) is 21.6 Å². The Morgan fingerprint density at radius 3 is 2.43 bits per heavy atom. The molecular weight excluding hydrogens is 391 g/mol. The largest absolute Gasteiger partial charge is 0.416 e. The van der Waals surface area contributed by atoms with Gasteiger partial charge in [-0.2, -0.15) is 13.2 Å². The number of aryl methyl sites for hydroxylation is 1. The van der Waals surface area contributed by atoms with Crippen LogP contribution in [0, 0.1) is 6.92 Å². The molecule has 114 valence electrons. The number of thiophene rings is 1. The maximum atomic E-state index is 12.7. The maximum Gasteiger partial charge on any atom is 0.416 e. The Bertz CT molecular complexity index is 769. The van der Waals surface area contributed by atoms with Gasteiger partial charge in [-0.25, -0.2) is 8.42 Å². The Morgan fingerprint density at radius 1 is 1.24 bits per heavy atom. The van der Waals surface area contributed by atoms with Crippen LogP contribution in [0.3, 0.4) is 0 Å². The zero-order valence-electron chi connectivity index (χ0n) is 10.5. The lowest BCUT2D eigenvalue weighted by Gasteiger charge is -2.13. The second kappa shape index (κ2) is 5.62. The van der Waals surface area contributed by atoms with Crippen LogP contribution in [0.2, 0.25) is 0 Å². The van der Waals surface area contributed by atoms with Crippen molar-refractivity contribution in [2.45, 2.75) is 17.3 Å². The minimum atomic E-state index is -4.53. The lowest BCUT2D eigenvalue weighted by molar-refractivity contribution is -0.137. The van der Waals surface area contributed by atoms with Crippen molar-refractivity contribution in [2.75, 3.05) is 4.72 Å². The number of benzene rings is 1. The Kier molecular flexibility index (Phi) is 4.36. The first-order valence-corrected chi connectivity index (χ1v) is 8.70. The SMILES string of the molecule is Cc1ccc(C(F)(F)F)cc1NS(=O)(=O)c1sccc1Br. The summed E-state index contributed by atoms with van der Waals surface area (Å²) in [5.41, 5.74) is -0.597. The predicted octanol–water partition coefficient (Wildman–Crippen LogP) is 4.64. The van der Waals surface area contributed by atoms with Gasteiger partial charge in [0.2, 0.25) is 0 Å². The van der Waals surface area contributed by atoms with Gasteiger partial charge >= 0.3 is 6.18 Å². The number of nitrogens with one attached hydrogen (secondary N) is 1. The highest BCUT2D eigenvalue weighted by Gasteiger charge is 2.31. The first-order chi connectivity index (χ1) is 9.61. The summed E-state index contributed by atoms with van der Waals surface area (Å²) in [4.78, 5) is 0. The fraction of sp³-hybridized carbons (Fsp3) is 0.167. The molecule has 1 heterocycles. The lowest BCUT2D eigenvalue weighted by atomic mass is 10.1. The minimum absolute atomic E-state index is 0.0133. The van der Waals surface area contributed by atoms with Crippen molar-refractivity contribution >= 4 is 43.0 Å². The predicted molar refractivity (Wildman–Crippen MR) is 79.0 cm³/mol. The van der Waals surface area contributed by atoms with Crippen LogP contribution in [-0.4, -0.2) is 8.42 Å². The maximum absolute atomic E-state index is 12.7. The normalized spacial score (nSPS) is 12.4. The Balaban J connectivity index is 2.42. The molecule has 0 aliphatic heterocycles. The molecule has 2 aromatic rings. The fourth-order valence-electron chi connectivity index (χ4n) is 1.57. The van der Waals surface area contributed by atoms with Gasteiger partial charge in [-0.05, 0) is 52.0 Å². The molecule has 0 unspecified atom stereocenters. The molecule has 0 aliphatic rings. The van der Waals surface area contributed by atoms with Crippen LogP contribution in [0.1, 0.15) is 11.1 Å². The van der Waals surface area contributed by atoms with Gasteiger partial charge in [0.05, 0.1) is 11.3 Å². The van der Waals surface area contributed by atoms with Crippen molar-refractivity contribution in [1.29, 1.82) is 0 Å². The lowest BCUT2D eigenvalue weighted by Crippen LogP contribution is -2.14. The van der Waals surface area contributed by atoms with Crippen molar-refractivity contribution in [3.8, 4) is 0 Å². The molecule has 0 spiro atoms. The van der Waals surface area contributed by atoms with Gasteiger partial charge in [-0.1, -0.05) is 6.07 Å². The molecule has 21 heavy (non-hydrogen) atoms. The standard InChI is InChI=1S/C12H9BrF3NO2S2/c1-7-2-3-8(12(14,15)16)6-10(7)17-21(18,19)11-9(13)4-5-20-11/h2-6,17H,1H3. The summed E-state index contributed by atoms with van der Waals surface area (Å²) < 4.78 is 65.0. The molecule has 0 saturated heterocycles. The molecule has 9 heteroatoms. The molecule has 0 bridgehead atoms. The summed E-state index contributed by atoms with van der Waals surface area (Å²) in [5.74, 6) is 0. The first-order valence-electron chi connectivity index (χ1n) is 5.55. The average molecular weight is 400 g/mol. The molecule has 0 aliphatic carbocycles. The minimum Gasteiger partial charge on any atom is -0.279 e. The highest BCUT2D eigenvalue weighted by molar-refractivity contribution is 9.10. The zero-order valence-corrected chi connectivity index (χ0v) is 13.8. The van der Waals surface area contributed by atoms with Crippen molar-refractivity contribution in [3.05, 3.63) is 45.2 Å². The molecule has 0 amide bonds. The van der Waals surface area contributed by atoms with Crippen molar-refractivity contribution in [3.63, 3.8) is 0 Å². The number of hydrogen-bond donors (Lipinski definition) is 1. The zero-order chi connectivity index (χ0) is 15.8.